The van der Waals surface area contributed by atoms with Crippen LogP contribution in [0.5, 0.6) is 0 Å². The number of hydrogen-bond donors (Lipinski definition) is 2. The van der Waals surface area contributed by atoms with Crippen LogP contribution in [0, 0.1) is 10.8 Å². The molecular weight excluding hydrogens is 246 g/mol. The van der Waals surface area contributed by atoms with Crippen LogP contribution in [-0.2, 0) is 9.53 Å². The Morgan fingerprint density at radius 3 is 2.16 bits per heavy atom. The van der Waals surface area contributed by atoms with E-state index in [0.29, 0.717) is 5.41 Å². The molecule has 0 spiro atoms. The molecule has 3 aliphatic rings. The highest BCUT2D eigenvalue weighted by Gasteiger charge is 2.63. The van der Waals surface area contributed by atoms with E-state index >= 15 is 0 Å². The number of carboxylic acids is 1. The first kappa shape index (κ1) is 13.9. The second kappa shape index (κ2) is 3.99. The highest BCUT2D eigenvalue weighted by atomic mass is 16.6. The number of alkyl carbamates (subject to hydrolysis) is 1. The van der Waals surface area contributed by atoms with Crippen molar-refractivity contribution >= 4 is 12.1 Å². The lowest BCUT2D eigenvalue weighted by Crippen LogP contribution is -2.59. The minimum absolute atomic E-state index is 0.0164. The molecule has 0 atom stereocenters. The summed E-state index contributed by atoms with van der Waals surface area (Å²) in [7, 11) is 0. The van der Waals surface area contributed by atoms with E-state index in [4.69, 9.17) is 9.84 Å². The van der Waals surface area contributed by atoms with Crippen LogP contribution in [0.1, 0.15) is 47.0 Å². The second-order valence-electron chi connectivity index (χ2n) is 7.19. The molecule has 3 fully saturated rings. The zero-order chi connectivity index (χ0) is 14.5. The minimum atomic E-state index is -1.12. The lowest BCUT2D eigenvalue weighted by Gasteiger charge is -2.68. The second-order valence-corrected chi connectivity index (χ2v) is 7.19. The number of aliphatic carboxylic acids is 1. The van der Waals surface area contributed by atoms with Gasteiger partial charge in [0.05, 0.1) is 0 Å². The molecule has 106 valence electrons. The van der Waals surface area contributed by atoms with Crippen LogP contribution >= 0.6 is 0 Å². The molecule has 1 amide bonds. The van der Waals surface area contributed by atoms with Crippen molar-refractivity contribution in [3.63, 3.8) is 0 Å². The van der Waals surface area contributed by atoms with E-state index in [1.807, 2.05) is 0 Å². The highest BCUT2D eigenvalue weighted by Crippen LogP contribution is 2.73. The molecule has 2 bridgehead atoms. The summed E-state index contributed by atoms with van der Waals surface area (Å²) in [5.74, 6) is -1.12. The fourth-order valence-electron chi connectivity index (χ4n) is 3.42. The first-order valence-corrected chi connectivity index (χ1v) is 6.49. The molecule has 5 heteroatoms. The van der Waals surface area contributed by atoms with Gasteiger partial charge in [0.2, 0.25) is 0 Å². The maximum atomic E-state index is 11.6. The molecule has 0 saturated heterocycles. The van der Waals surface area contributed by atoms with Crippen LogP contribution in [0.2, 0.25) is 0 Å². The zero-order valence-electron chi connectivity index (χ0n) is 11.9. The Bertz CT molecular complexity index is 439. The molecule has 5 nitrogen and oxygen atoms in total. The smallest absolute Gasteiger partial charge is 0.412 e. The van der Waals surface area contributed by atoms with Crippen LogP contribution in [0.4, 0.5) is 4.79 Å². The molecule has 19 heavy (non-hydrogen) atoms. The van der Waals surface area contributed by atoms with E-state index in [-0.39, 0.29) is 11.1 Å². The standard InChI is InChI=1S/C14H21NO4/c1-12(2,3)19-11(18)15-9(10(16)17)5-14-6-13(4,7-14)8-14/h5H,6-8H2,1-4H3,(H,15,18)(H,16,17). The summed E-state index contributed by atoms with van der Waals surface area (Å²) >= 11 is 0. The van der Waals surface area contributed by atoms with E-state index in [2.05, 4.69) is 12.2 Å². The SMILES string of the molecule is CC12CC(C=C(NC(=O)OC(C)(C)C)C(=O)O)(C1)C2. The number of nitrogens with one attached hydrogen (secondary N) is 1. The van der Waals surface area contributed by atoms with Crippen molar-refractivity contribution in [1.29, 1.82) is 0 Å². The van der Waals surface area contributed by atoms with E-state index in [1.54, 1.807) is 26.8 Å². The Balaban J connectivity index is 2.00. The molecule has 0 aromatic rings. The van der Waals surface area contributed by atoms with Crippen LogP contribution in [0.25, 0.3) is 0 Å². The number of ether oxygens (including phenoxy) is 1. The minimum Gasteiger partial charge on any atom is -0.477 e. The lowest BCUT2D eigenvalue weighted by molar-refractivity contribution is -0.155. The lowest BCUT2D eigenvalue weighted by atomic mass is 9.36. The molecule has 2 N–H and O–H groups in total. The van der Waals surface area contributed by atoms with Gasteiger partial charge in [0.15, 0.2) is 0 Å². The third-order valence-electron chi connectivity index (χ3n) is 3.65. The van der Waals surface area contributed by atoms with Crippen molar-refractivity contribution in [1.82, 2.24) is 5.32 Å². The molecular formula is C14H21NO4. The van der Waals surface area contributed by atoms with Gasteiger partial charge < -0.3 is 9.84 Å². The van der Waals surface area contributed by atoms with Crippen molar-refractivity contribution in [3.8, 4) is 0 Å². The van der Waals surface area contributed by atoms with Crippen molar-refractivity contribution < 1.29 is 19.4 Å². The van der Waals surface area contributed by atoms with Crippen molar-refractivity contribution in [3.05, 3.63) is 11.8 Å². The van der Waals surface area contributed by atoms with Gasteiger partial charge >= 0.3 is 12.1 Å². The van der Waals surface area contributed by atoms with Crippen molar-refractivity contribution in [2.24, 2.45) is 10.8 Å². The van der Waals surface area contributed by atoms with E-state index in [1.165, 1.54) is 0 Å². The number of carboxylic acid groups (broad SMARTS) is 1. The quantitative estimate of drug-likeness (QED) is 0.771. The van der Waals surface area contributed by atoms with Gasteiger partial charge in [-0.1, -0.05) is 6.92 Å². The maximum Gasteiger partial charge on any atom is 0.412 e. The molecule has 0 aromatic carbocycles. The predicted molar refractivity (Wildman–Crippen MR) is 69.5 cm³/mol. The van der Waals surface area contributed by atoms with Gasteiger partial charge in [-0.3, -0.25) is 5.32 Å². The molecule has 3 aliphatic carbocycles. The zero-order valence-corrected chi connectivity index (χ0v) is 11.9. The molecule has 3 saturated carbocycles. The fourth-order valence-corrected chi connectivity index (χ4v) is 3.42. The summed E-state index contributed by atoms with van der Waals surface area (Å²) in [4.78, 5) is 22.8. The van der Waals surface area contributed by atoms with Gasteiger partial charge in [0.25, 0.3) is 0 Å². The fraction of sp³-hybridized carbons (Fsp3) is 0.714. The average Bonchev–Trinajstić information content (AvgIpc) is 2.08. The summed E-state index contributed by atoms with van der Waals surface area (Å²) in [6, 6.07) is 0. The highest BCUT2D eigenvalue weighted by molar-refractivity contribution is 5.91. The third-order valence-corrected chi connectivity index (χ3v) is 3.65. The Hall–Kier alpha value is -1.52. The normalized spacial score (nSPS) is 32.9. The molecule has 0 radical (unpaired) electrons. The van der Waals surface area contributed by atoms with Crippen molar-refractivity contribution in [2.75, 3.05) is 0 Å². The van der Waals surface area contributed by atoms with Gasteiger partial charge in [0.1, 0.15) is 11.3 Å². The molecule has 0 aromatic heterocycles. The van der Waals surface area contributed by atoms with Crippen molar-refractivity contribution in [2.45, 2.75) is 52.6 Å². The maximum absolute atomic E-state index is 11.6. The monoisotopic (exact) mass is 267 g/mol. The number of carbonyl (C=O) groups excluding carboxylic acids is 1. The Morgan fingerprint density at radius 1 is 1.26 bits per heavy atom. The summed E-state index contributed by atoms with van der Waals surface area (Å²) in [5, 5.41) is 11.5. The largest absolute Gasteiger partial charge is 0.477 e. The van der Waals surface area contributed by atoms with Crippen LogP contribution < -0.4 is 5.32 Å². The van der Waals surface area contributed by atoms with Gasteiger partial charge in [-0.05, 0) is 56.9 Å². The molecule has 3 rings (SSSR count). The first-order chi connectivity index (χ1) is 8.53. The number of rotatable bonds is 3. The summed E-state index contributed by atoms with van der Waals surface area (Å²) < 4.78 is 5.06. The van der Waals surface area contributed by atoms with Gasteiger partial charge in [-0.2, -0.15) is 0 Å². The first-order valence-electron chi connectivity index (χ1n) is 6.49. The van der Waals surface area contributed by atoms with Crippen LogP contribution in [0.15, 0.2) is 11.8 Å². The van der Waals surface area contributed by atoms with Gasteiger partial charge in [0, 0.05) is 0 Å². The van der Waals surface area contributed by atoms with E-state index in [9.17, 15) is 9.59 Å². The molecule has 0 unspecified atom stereocenters. The number of allylic oxidation sites excluding steroid dienone is 1. The average molecular weight is 267 g/mol. The molecule has 0 heterocycles. The van der Waals surface area contributed by atoms with Gasteiger partial charge in [-0.15, -0.1) is 0 Å². The summed E-state index contributed by atoms with van der Waals surface area (Å²) in [6.07, 6.45) is 3.98. The number of carbonyl (C=O) groups is 2. The third kappa shape index (κ3) is 2.91. The predicted octanol–water partition coefficient (Wildman–Crippen LogP) is 2.67. The van der Waals surface area contributed by atoms with E-state index < -0.39 is 17.7 Å². The Kier molecular flexibility index (Phi) is 2.92. The van der Waals surface area contributed by atoms with Crippen LogP contribution in [0.3, 0.4) is 0 Å². The summed E-state index contributed by atoms with van der Waals surface area (Å²) in [5.41, 5.74) is -0.336. The van der Waals surface area contributed by atoms with Crippen LogP contribution in [-0.4, -0.2) is 22.8 Å². The number of hydrogen-bond acceptors (Lipinski definition) is 3. The summed E-state index contributed by atoms with van der Waals surface area (Å²) in [6.45, 7) is 7.40. The Labute approximate surface area is 113 Å². The van der Waals surface area contributed by atoms with E-state index in [0.717, 1.165) is 19.3 Å². The Morgan fingerprint density at radius 2 is 1.79 bits per heavy atom. The van der Waals surface area contributed by atoms with Gasteiger partial charge in [-0.25, -0.2) is 9.59 Å². The topological polar surface area (TPSA) is 75.6 Å². The number of amides is 1. The molecule has 0 aliphatic heterocycles.